The van der Waals surface area contributed by atoms with Crippen LogP contribution in [0.1, 0.15) is 41.0 Å². The van der Waals surface area contributed by atoms with Gasteiger partial charge in [0.2, 0.25) is 5.95 Å². The Hall–Kier alpha value is -4.02. The van der Waals surface area contributed by atoms with Crippen LogP contribution in [0.2, 0.25) is 0 Å². The highest BCUT2D eigenvalue weighted by atomic mass is 16.6. The molecule has 1 aromatic carbocycles. The summed E-state index contributed by atoms with van der Waals surface area (Å²) in [5.41, 5.74) is 1.19. The summed E-state index contributed by atoms with van der Waals surface area (Å²) in [5, 5.41) is 6.18. The molecule has 2 fully saturated rings. The zero-order valence-electron chi connectivity index (χ0n) is 22.9. The zero-order chi connectivity index (χ0) is 27.5. The van der Waals surface area contributed by atoms with E-state index in [9.17, 15) is 9.59 Å². The second-order valence-corrected chi connectivity index (χ2v) is 12.0. The Labute approximate surface area is 226 Å². The van der Waals surface area contributed by atoms with Crippen molar-refractivity contribution in [2.75, 3.05) is 41.7 Å². The number of aromatic nitrogens is 2. The molecule has 0 saturated carbocycles. The predicted octanol–water partition coefficient (Wildman–Crippen LogP) is 4.77. The van der Waals surface area contributed by atoms with Gasteiger partial charge in [0, 0.05) is 37.9 Å². The number of anilines is 4. The van der Waals surface area contributed by atoms with Crippen LogP contribution in [0.5, 0.6) is 5.75 Å². The van der Waals surface area contributed by atoms with E-state index in [1.807, 2.05) is 43.9 Å². The third-order valence-corrected chi connectivity index (χ3v) is 7.43. The van der Waals surface area contributed by atoms with Crippen LogP contribution in [-0.4, -0.2) is 64.2 Å². The number of amides is 2. The van der Waals surface area contributed by atoms with E-state index < -0.39 is 11.2 Å². The number of nitrogens with one attached hydrogen (secondary N) is 2. The smallest absolute Gasteiger partial charge is 0.410 e. The number of carbonyl (C=O) groups excluding carboxylic acids is 2. The van der Waals surface area contributed by atoms with E-state index in [2.05, 4.69) is 20.5 Å². The highest BCUT2D eigenvalue weighted by Gasteiger charge is 2.41. The summed E-state index contributed by atoms with van der Waals surface area (Å²) in [4.78, 5) is 38.6. The van der Waals surface area contributed by atoms with Crippen molar-refractivity contribution < 1.29 is 23.5 Å². The van der Waals surface area contributed by atoms with Crippen LogP contribution < -0.4 is 20.3 Å². The first-order valence-electron chi connectivity index (χ1n) is 13.3. The fourth-order valence-corrected chi connectivity index (χ4v) is 5.47. The van der Waals surface area contributed by atoms with Crippen LogP contribution in [0, 0.1) is 11.8 Å². The number of ether oxygens (including phenoxy) is 2. The van der Waals surface area contributed by atoms with E-state index in [0.717, 1.165) is 31.9 Å². The molecule has 5 heterocycles. The van der Waals surface area contributed by atoms with Gasteiger partial charge in [-0.15, -0.1) is 0 Å². The Kier molecular flexibility index (Phi) is 5.85. The maximum atomic E-state index is 12.7. The van der Waals surface area contributed by atoms with E-state index in [1.54, 1.807) is 26.2 Å². The van der Waals surface area contributed by atoms with Crippen LogP contribution in [0.15, 0.2) is 34.9 Å². The first-order valence-corrected chi connectivity index (χ1v) is 13.3. The molecule has 0 spiro atoms. The van der Waals surface area contributed by atoms with Gasteiger partial charge in [0.25, 0.3) is 5.91 Å². The number of fused-ring (bicyclic) bond motifs is 3. The van der Waals surface area contributed by atoms with Gasteiger partial charge in [0.15, 0.2) is 17.0 Å². The molecule has 11 heteroatoms. The Morgan fingerprint density at radius 3 is 2.74 bits per heavy atom. The van der Waals surface area contributed by atoms with Gasteiger partial charge in [-0.3, -0.25) is 4.79 Å². The second-order valence-electron chi connectivity index (χ2n) is 12.0. The molecule has 206 valence electrons. The molecule has 0 bridgehead atoms. The second kappa shape index (κ2) is 9.03. The monoisotopic (exact) mass is 534 g/mol. The van der Waals surface area contributed by atoms with Crippen molar-refractivity contribution in [3.63, 3.8) is 0 Å². The molecular formula is C28H34N6O5. The van der Waals surface area contributed by atoms with E-state index >= 15 is 0 Å². The van der Waals surface area contributed by atoms with Crippen LogP contribution in [-0.2, 0) is 9.53 Å². The molecule has 6 rings (SSSR count). The maximum absolute atomic E-state index is 12.7. The standard InChI is InChI=1S/C28H34N6O5/c1-27(2,3)39-26(36)34-13-16-8-10-33(14-17(16)15-34)23-22-19(9-11-37-22)31-25(32-23)29-18-6-7-21-20(12-18)30-24(35)28(4,5)38-21/h6-7,9,11-12,16-17H,8,10,13-15H2,1-5H3,(H,30,35)(H,29,31,32). The number of hydrogen-bond donors (Lipinski definition) is 2. The fraction of sp³-hybridized carbons (Fsp3) is 0.500. The quantitative estimate of drug-likeness (QED) is 0.489. The average Bonchev–Trinajstić information content (AvgIpc) is 3.50. The predicted molar refractivity (Wildman–Crippen MR) is 146 cm³/mol. The van der Waals surface area contributed by atoms with E-state index in [4.69, 9.17) is 18.9 Å². The highest BCUT2D eigenvalue weighted by molar-refractivity contribution is 6.00. The number of hydrogen-bond acceptors (Lipinski definition) is 9. The lowest BCUT2D eigenvalue weighted by Crippen LogP contribution is -2.45. The molecule has 2 unspecified atom stereocenters. The summed E-state index contributed by atoms with van der Waals surface area (Å²) in [6, 6.07) is 7.31. The van der Waals surface area contributed by atoms with Gasteiger partial charge in [-0.2, -0.15) is 4.98 Å². The number of furan rings is 1. The molecule has 2 atom stereocenters. The average molecular weight is 535 g/mol. The molecule has 0 aliphatic carbocycles. The summed E-state index contributed by atoms with van der Waals surface area (Å²) < 4.78 is 17.2. The van der Waals surface area contributed by atoms with Crippen molar-refractivity contribution in [1.82, 2.24) is 14.9 Å². The first kappa shape index (κ1) is 25.3. The lowest BCUT2D eigenvalue weighted by molar-refractivity contribution is -0.129. The Bertz CT molecular complexity index is 1440. The highest BCUT2D eigenvalue weighted by Crippen LogP contribution is 2.38. The molecule has 39 heavy (non-hydrogen) atoms. The van der Waals surface area contributed by atoms with Crippen molar-refractivity contribution in [2.24, 2.45) is 11.8 Å². The third-order valence-electron chi connectivity index (χ3n) is 7.43. The Morgan fingerprint density at radius 2 is 1.95 bits per heavy atom. The largest absolute Gasteiger partial charge is 0.476 e. The lowest BCUT2D eigenvalue weighted by Gasteiger charge is -2.34. The van der Waals surface area contributed by atoms with E-state index in [-0.39, 0.29) is 12.0 Å². The first-order chi connectivity index (χ1) is 18.4. The van der Waals surface area contributed by atoms with Gasteiger partial charge < -0.3 is 34.3 Å². The Balaban J connectivity index is 1.21. The van der Waals surface area contributed by atoms with Gasteiger partial charge in [0.05, 0.1) is 12.0 Å². The van der Waals surface area contributed by atoms with Gasteiger partial charge in [0.1, 0.15) is 16.9 Å². The van der Waals surface area contributed by atoms with Crippen molar-refractivity contribution in [1.29, 1.82) is 0 Å². The normalized spacial score (nSPS) is 22.1. The van der Waals surface area contributed by atoms with Crippen LogP contribution >= 0.6 is 0 Å². The molecule has 0 radical (unpaired) electrons. The molecule has 3 aliphatic heterocycles. The Morgan fingerprint density at radius 1 is 1.15 bits per heavy atom. The summed E-state index contributed by atoms with van der Waals surface area (Å²) >= 11 is 0. The van der Waals surface area contributed by atoms with Gasteiger partial charge in [-0.05, 0) is 71.1 Å². The topological polar surface area (TPSA) is 122 Å². The fourth-order valence-electron chi connectivity index (χ4n) is 5.47. The van der Waals surface area contributed by atoms with Gasteiger partial charge in [-0.25, -0.2) is 9.78 Å². The minimum absolute atomic E-state index is 0.203. The van der Waals surface area contributed by atoms with E-state index in [0.29, 0.717) is 52.6 Å². The molecule has 2 N–H and O–H groups in total. The van der Waals surface area contributed by atoms with Crippen molar-refractivity contribution in [3.8, 4) is 5.75 Å². The van der Waals surface area contributed by atoms with Crippen molar-refractivity contribution >= 4 is 46.2 Å². The number of nitrogens with zero attached hydrogens (tertiary/aromatic N) is 4. The molecule has 2 saturated heterocycles. The summed E-state index contributed by atoms with van der Waals surface area (Å²) in [5.74, 6) is 2.29. The number of carbonyl (C=O) groups is 2. The SMILES string of the molecule is CC(C)(C)OC(=O)N1CC2CCN(c3nc(Nc4ccc5c(c4)NC(=O)C(C)(C)O5)nc4ccoc34)CC2C1. The number of piperidine rings is 1. The summed E-state index contributed by atoms with van der Waals surface area (Å²) in [6.45, 7) is 12.1. The molecule has 2 amide bonds. The molecule has 11 nitrogen and oxygen atoms in total. The molecule has 3 aromatic rings. The van der Waals surface area contributed by atoms with Crippen LogP contribution in [0.25, 0.3) is 11.1 Å². The zero-order valence-corrected chi connectivity index (χ0v) is 22.9. The minimum atomic E-state index is -0.928. The number of rotatable bonds is 3. The van der Waals surface area contributed by atoms with Gasteiger partial charge in [-0.1, -0.05) is 0 Å². The summed E-state index contributed by atoms with van der Waals surface area (Å²) in [6.07, 6.45) is 2.31. The minimum Gasteiger partial charge on any atom is -0.476 e. The number of likely N-dealkylation sites (tertiary alicyclic amines) is 1. The van der Waals surface area contributed by atoms with E-state index in [1.165, 1.54) is 0 Å². The van der Waals surface area contributed by atoms with Crippen molar-refractivity contribution in [2.45, 2.75) is 52.2 Å². The van der Waals surface area contributed by atoms with Crippen LogP contribution in [0.4, 0.5) is 27.9 Å². The van der Waals surface area contributed by atoms with Gasteiger partial charge >= 0.3 is 6.09 Å². The third kappa shape index (κ3) is 4.93. The molecule has 3 aliphatic rings. The molecule has 2 aromatic heterocycles. The lowest BCUT2D eigenvalue weighted by atomic mass is 9.89. The summed E-state index contributed by atoms with van der Waals surface area (Å²) in [7, 11) is 0. The van der Waals surface area contributed by atoms with Crippen LogP contribution in [0.3, 0.4) is 0 Å². The van der Waals surface area contributed by atoms with Crippen molar-refractivity contribution in [3.05, 3.63) is 30.5 Å². The molecular weight excluding hydrogens is 500 g/mol. The maximum Gasteiger partial charge on any atom is 0.410 e. The number of benzene rings is 1.